The Morgan fingerprint density at radius 2 is 1.17 bits per heavy atom. The van der Waals surface area contributed by atoms with E-state index < -0.39 is 6.29 Å². The van der Waals surface area contributed by atoms with Gasteiger partial charge in [-0.2, -0.15) is 0 Å². The maximum absolute atomic E-state index is 8.72. The second-order valence-corrected chi connectivity index (χ2v) is 5.70. The number of unbranched alkanes of at least 4 members (excludes halogenated alkanes) is 5. The molecule has 0 saturated heterocycles. The molecule has 0 aliphatic carbocycles. The van der Waals surface area contributed by atoms with E-state index in [0.717, 1.165) is 12.8 Å². The zero-order chi connectivity index (χ0) is 13.9. The second-order valence-electron chi connectivity index (χ2n) is 5.70. The van der Waals surface area contributed by atoms with Crippen LogP contribution in [0.25, 0.3) is 0 Å². The van der Waals surface area contributed by atoms with Crippen molar-refractivity contribution in [2.75, 3.05) is 0 Å². The van der Waals surface area contributed by atoms with E-state index in [-0.39, 0.29) is 0 Å². The average molecular weight is 258 g/mol. The van der Waals surface area contributed by atoms with E-state index in [4.69, 9.17) is 10.2 Å². The van der Waals surface area contributed by atoms with Crippen LogP contribution in [0.15, 0.2) is 0 Å². The fourth-order valence-corrected chi connectivity index (χ4v) is 2.81. The van der Waals surface area contributed by atoms with Crippen molar-refractivity contribution in [1.82, 2.24) is 0 Å². The standard InChI is InChI=1S/C16H34O2/c1-4-16(5-2,6-3)14-12-10-8-7-9-11-13-15(17)18/h15,17-18H,4-14H2,1-3H3. The highest BCUT2D eigenvalue weighted by molar-refractivity contribution is 4.74. The third-order valence-corrected chi connectivity index (χ3v) is 4.67. The number of hydrogen-bond acceptors (Lipinski definition) is 2. The highest BCUT2D eigenvalue weighted by atomic mass is 16.5. The van der Waals surface area contributed by atoms with Gasteiger partial charge in [0, 0.05) is 0 Å². The van der Waals surface area contributed by atoms with Gasteiger partial charge in [-0.3, -0.25) is 0 Å². The summed E-state index contributed by atoms with van der Waals surface area (Å²) in [6.45, 7) is 6.98. The Morgan fingerprint density at radius 3 is 1.61 bits per heavy atom. The van der Waals surface area contributed by atoms with Crippen LogP contribution in [0.5, 0.6) is 0 Å². The van der Waals surface area contributed by atoms with E-state index >= 15 is 0 Å². The molecule has 0 aromatic carbocycles. The highest BCUT2D eigenvalue weighted by Crippen LogP contribution is 2.36. The zero-order valence-electron chi connectivity index (χ0n) is 12.7. The largest absolute Gasteiger partial charge is 0.368 e. The second kappa shape index (κ2) is 10.8. The van der Waals surface area contributed by atoms with Crippen molar-refractivity contribution in [3.8, 4) is 0 Å². The molecule has 2 nitrogen and oxygen atoms in total. The Bertz CT molecular complexity index is 166. The Morgan fingerprint density at radius 1 is 0.722 bits per heavy atom. The van der Waals surface area contributed by atoms with Crippen LogP contribution in [0.3, 0.4) is 0 Å². The molecule has 0 saturated carbocycles. The van der Waals surface area contributed by atoms with Gasteiger partial charge in [0.1, 0.15) is 0 Å². The van der Waals surface area contributed by atoms with Gasteiger partial charge in [-0.25, -0.2) is 0 Å². The topological polar surface area (TPSA) is 40.5 Å². The lowest BCUT2D eigenvalue weighted by Crippen LogP contribution is -2.17. The van der Waals surface area contributed by atoms with E-state index in [1.807, 2.05) is 0 Å². The maximum atomic E-state index is 8.72. The first kappa shape index (κ1) is 17.9. The van der Waals surface area contributed by atoms with Crippen LogP contribution in [-0.2, 0) is 0 Å². The third kappa shape index (κ3) is 8.10. The molecule has 0 bridgehead atoms. The predicted octanol–water partition coefficient (Wildman–Crippen LogP) is 4.63. The van der Waals surface area contributed by atoms with Crippen LogP contribution in [0, 0.1) is 5.41 Å². The average Bonchev–Trinajstić information content (AvgIpc) is 2.38. The van der Waals surface area contributed by atoms with E-state index in [9.17, 15) is 0 Å². The van der Waals surface area contributed by atoms with Crippen LogP contribution < -0.4 is 0 Å². The first-order chi connectivity index (χ1) is 8.60. The molecule has 0 aliphatic heterocycles. The molecule has 0 aromatic heterocycles. The molecule has 0 amide bonds. The Labute approximate surface area is 114 Å². The lowest BCUT2D eigenvalue weighted by Gasteiger charge is -2.30. The molecular weight excluding hydrogens is 224 g/mol. The molecule has 0 radical (unpaired) electrons. The van der Waals surface area contributed by atoms with Gasteiger partial charge in [0.05, 0.1) is 0 Å². The summed E-state index contributed by atoms with van der Waals surface area (Å²) in [5.74, 6) is 0. The van der Waals surface area contributed by atoms with Crippen LogP contribution in [-0.4, -0.2) is 16.5 Å². The van der Waals surface area contributed by atoms with E-state index in [2.05, 4.69) is 20.8 Å². The van der Waals surface area contributed by atoms with Crippen LogP contribution >= 0.6 is 0 Å². The quantitative estimate of drug-likeness (QED) is 0.395. The fraction of sp³-hybridized carbons (Fsp3) is 1.00. The highest BCUT2D eigenvalue weighted by Gasteiger charge is 2.22. The van der Waals surface area contributed by atoms with Crippen molar-refractivity contribution in [2.45, 2.75) is 97.7 Å². The number of aliphatic hydroxyl groups excluding tert-OH is 1. The van der Waals surface area contributed by atoms with Gasteiger partial charge in [0.2, 0.25) is 0 Å². The molecular formula is C16H34O2. The predicted molar refractivity (Wildman–Crippen MR) is 78.5 cm³/mol. The third-order valence-electron chi connectivity index (χ3n) is 4.67. The summed E-state index contributed by atoms with van der Waals surface area (Å²) < 4.78 is 0. The summed E-state index contributed by atoms with van der Waals surface area (Å²) >= 11 is 0. The molecule has 0 aromatic rings. The minimum Gasteiger partial charge on any atom is -0.368 e. The van der Waals surface area contributed by atoms with Gasteiger partial charge in [-0.15, -0.1) is 0 Å². The van der Waals surface area contributed by atoms with E-state index in [0.29, 0.717) is 11.8 Å². The van der Waals surface area contributed by atoms with Gasteiger partial charge in [-0.05, 0) is 24.7 Å². The van der Waals surface area contributed by atoms with Crippen molar-refractivity contribution in [2.24, 2.45) is 5.41 Å². The molecule has 0 aliphatic rings. The van der Waals surface area contributed by atoms with E-state index in [1.165, 1.54) is 51.4 Å². The van der Waals surface area contributed by atoms with Crippen LogP contribution in [0.4, 0.5) is 0 Å². The van der Waals surface area contributed by atoms with Gasteiger partial charge >= 0.3 is 0 Å². The van der Waals surface area contributed by atoms with Gasteiger partial charge in [0.15, 0.2) is 6.29 Å². The normalized spacial score (nSPS) is 12.3. The van der Waals surface area contributed by atoms with Gasteiger partial charge in [0.25, 0.3) is 0 Å². The first-order valence-electron chi connectivity index (χ1n) is 7.96. The summed E-state index contributed by atoms with van der Waals surface area (Å²) in [5.41, 5.74) is 0.598. The summed E-state index contributed by atoms with van der Waals surface area (Å²) in [4.78, 5) is 0. The minimum atomic E-state index is -1.11. The summed E-state index contributed by atoms with van der Waals surface area (Å²) in [6, 6.07) is 0. The Balaban J connectivity index is 3.44. The number of hydrogen-bond donors (Lipinski definition) is 2. The summed E-state index contributed by atoms with van der Waals surface area (Å²) in [7, 11) is 0. The Kier molecular flexibility index (Phi) is 10.8. The van der Waals surface area contributed by atoms with Crippen LogP contribution in [0.2, 0.25) is 0 Å². The van der Waals surface area contributed by atoms with Gasteiger partial charge in [-0.1, -0.05) is 72.1 Å². The molecule has 0 rings (SSSR count). The lowest BCUT2D eigenvalue weighted by atomic mass is 9.75. The molecule has 0 atom stereocenters. The molecule has 110 valence electrons. The molecule has 0 spiro atoms. The molecule has 2 N–H and O–H groups in total. The Hall–Kier alpha value is -0.0800. The van der Waals surface area contributed by atoms with E-state index in [1.54, 1.807) is 0 Å². The molecule has 0 heterocycles. The SMILES string of the molecule is CCC(CC)(CC)CCCCCCCCC(O)O. The minimum absolute atomic E-state index is 0.532. The molecule has 18 heavy (non-hydrogen) atoms. The van der Waals surface area contributed by atoms with Crippen molar-refractivity contribution in [1.29, 1.82) is 0 Å². The maximum Gasteiger partial charge on any atom is 0.151 e. The van der Waals surface area contributed by atoms with Gasteiger partial charge < -0.3 is 10.2 Å². The first-order valence-corrected chi connectivity index (χ1v) is 7.96. The van der Waals surface area contributed by atoms with Crippen molar-refractivity contribution < 1.29 is 10.2 Å². The zero-order valence-corrected chi connectivity index (χ0v) is 12.7. The summed E-state index contributed by atoms with van der Waals surface area (Å²) in [6.07, 6.45) is 12.1. The molecule has 0 fully saturated rings. The summed E-state index contributed by atoms with van der Waals surface area (Å²) in [5, 5.41) is 17.4. The van der Waals surface area contributed by atoms with Crippen molar-refractivity contribution >= 4 is 0 Å². The smallest absolute Gasteiger partial charge is 0.151 e. The fourth-order valence-electron chi connectivity index (χ4n) is 2.81. The number of aliphatic hydroxyl groups is 2. The lowest BCUT2D eigenvalue weighted by molar-refractivity contribution is -0.0466. The molecule has 2 heteroatoms. The van der Waals surface area contributed by atoms with Crippen LogP contribution in [0.1, 0.15) is 91.4 Å². The van der Waals surface area contributed by atoms with Crippen molar-refractivity contribution in [3.05, 3.63) is 0 Å². The van der Waals surface area contributed by atoms with Crippen molar-refractivity contribution in [3.63, 3.8) is 0 Å². The molecule has 0 unspecified atom stereocenters. The number of rotatable bonds is 12. The monoisotopic (exact) mass is 258 g/mol.